The number of oxazole rings is 1. The smallest absolute Gasteiger partial charge is 0.475 e. The summed E-state index contributed by atoms with van der Waals surface area (Å²) in [6, 6.07) is 11.6. The molecule has 0 radical (unpaired) electrons. The number of alkyl halides is 3. The second kappa shape index (κ2) is 10.3. The number of halogens is 3. The molecule has 3 aromatic heterocycles. The molecule has 172 valence electrons. The molecule has 0 bridgehead atoms. The van der Waals surface area contributed by atoms with Gasteiger partial charge in [-0.2, -0.15) is 18.2 Å². The highest BCUT2D eigenvalue weighted by Crippen LogP contribution is 2.23. The second-order valence-corrected chi connectivity index (χ2v) is 6.54. The maximum Gasteiger partial charge on any atom is 0.490 e. The molecule has 0 aliphatic carbocycles. The summed E-state index contributed by atoms with van der Waals surface area (Å²) in [5.41, 5.74) is 3.55. The van der Waals surface area contributed by atoms with Crippen molar-refractivity contribution in [2.75, 3.05) is 10.6 Å². The van der Waals surface area contributed by atoms with Gasteiger partial charge in [0.15, 0.2) is 6.39 Å². The summed E-state index contributed by atoms with van der Waals surface area (Å²) in [7, 11) is 0. The molecule has 33 heavy (non-hydrogen) atoms. The minimum absolute atomic E-state index is 0.509. The van der Waals surface area contributed by atoms with Crippen molar-refractivity contribution in [1.29, 1.82) is 0 Å². The highest BCUT2D eigenvalue weighted by Gasteiger charge is 2.38. The Bertz CT molecular complexity index is 1180. The summed E-state index contributed by atoms with van der Waals surface area (Å²) in [4.78, 5) is 22.0. The number of aliphatic carboxylic acids is 1. The molecule has 3 heterocycles. The molecule has 0 aliphatic rings. The number of furan rings is 1. The van der Waals surface area contributed by atoms with Crippen LogP contribution in [-0.4, -0.2) is 32.2 Å². The van der Waals surface area contributed by atoms with Crippen molar-refractivity contribution in [2.45, 2.75) is 19.6 Å². The number of anilines is 3. The highest BCUT2D eigenvalue weighted by atomic mass is 19.4. The van der Waals surface area contributed by atoms with Crippen molar-refractivity contribution < 1.29 is 31.9 Å². The third-order valence-corrected chi connectivity index (χ3v) is 4.07. The van der Waals surface area contributed by atoms with Gasteiger partial charge in [0.1, 0.15) is 23.5 Å². The SMILES string of the molecule is Cc1cnc(Nc2cccc(-c3cocn3)c2)nc1NCc1ccco1.O=C(O)C(F)(F)F. The fraction of sp³-hybridized carbons (Fsp3) is 0.143. The maximum atomic E-state index is 10.6. The van der Waals surface area contributed by atoms with Gasteiger partial charge in [0, 0.05) is 23.0 Å². The molecular weight excluding hydrogens is 443 g/mol. The van der Waals surface area contributed by atoms with Gasteiger partial charge < -0.3 is 24.6 Å². The number of rotatable bonds is 6. The lowest BCUT2D eigenvalue weighted by Crippen LogP contribution is -2.21. The first kappa shape index (κ1) is 23.3. The Morgan fingerprint density at radius 2 is 1.97 bits per heavy atom. The van der Waals surface area contributed by atoms with Gasteiger partial charge in [-0.3, -0.25) is 0 Å². The monoisotopic (exact) mass is 461 g/mol. The van der Waals surface area contributed by atoms with Crippen LogP contribution in [0, 0.1) is 6.92 Å². The summed E-state index contributed by atoms with van der Waals surface area (Å²) in [5.74, 6) is -0.647. The molecule has 0 aliphatic heterocycles. The van der Waals surface area contributed by atoms with Crippen molar-refractivity contribution in [3.8, 4) is 11.3 Å². The lowest BCUT2D eigenvalue weighted by atomic mass is 10.1. The molecular formula is C21H18F3N5O4. The zero-order chi connectivity index (χ0) is 23.8. The zero-order valence-electron chi connectivity index (χ0n) is 17.1. The molecule has 0 atom stereocenters. The van der Waals surface area contributed by atoms with Crippen LogP contribution in [0.5, 0.6) is 0 Å². The predicted molar refractivity (Wildman–Crippen MR) is 112 cm³/mol. The topological polar surface area (TPSA) is 126 Å². The number of hydrogen-bond donors (Lipinski definition) is 3. The van der Waals surface area contributed by atoms with Crippen LogP contribution in [0.15, 0.2) is 70.3 Å². The molecule has 4 rings (SSSR count). The van der Waals surface area contributed by atoms with Crippen molar-refractivity contribution in [1.82, 2.24) is 15.0 Å². The Morgan fingerprint density at radius 3 is 2.61 bits per heavy atom. The lowest BCUT2D eigenvalue weighted by molar-refractivity contribution is -0.192. The van der Waals surface area contributed by atoms with Crippen LogP contribution in [-0.2, 0) is 11.3 Å². The summed E-state index contributed by atoms with van der Waals surface area (Å²) in [6.07, 6.45) is 1.37. The van der Waals surface area contributed by atoms with E-state index in [0.29, 0.717) is 12.5 Å². The second-order valence-electron chi connectivity index (χ2n) is 6.54. The molecule has 0 amide bonds. The van der Waals surface area contributed by atoms with Gasteiger partial charge >= 0.3 is 12.1 Å². The van der Waals surface area contributed by atoms with E-state index < -0.39 is 12.1 Å². The van der Waals surface area contributed by atoms with E-state index in [1.165, 1.54) is 6.39 Å². The molecule has 0 fully saturated rings. The van der Waals surface area contributed by atoms with Crippen LogP contribution in [0.4, 0.5) is 30.6 Å². The largest absolute Gasteiger partial charge is 0.490 e. The lowest BCUT2D eigenvalue weighted by Gasteiger charge is -2.10. The molecule has 1 aromatic carbocycles. The molecule has 9 nitrogen and oxygen atoms in total. The predicted octanol–water partition coefficient (Wildman–Crippen LogP) is 5.02. The number of benzene rings is 1. The van der Waals surface area contributed by atoms with E-state index in [1.807, 2.05) is 43.3 Å². The van der Waals surface area contributed by atoms with Crippen LogP contribution >= 0.6 is 0 Å². The van der Waals surface area contributed by atoms with Gasteiger partial charge in [-0.05, 0) is 31.2 Å². The van der Waals surface area contributed by atoms with Gasteiger partial charge in [0.05, 0.1) is 12.8 Å². The average Bonchev–Trinajstić information content (AvgIpc) is 3.48. The Hall–Kier alpha value is -4.35. The highest BCUT2D eigenvalue weighted by molar-refractivity contribution is 5.73. The minimum Gasteiger partial charge on any atom is -0.475 e. The first-order valence-corrected chi connectivity index (χ1v) is 9.38. The van der Waals surface area contributed by atoms with Crippen molar-refractivity contribution in [2.24, 2.45) is 0 Å². The Kier molecular flexibility index (Phi) is 7.28. The van der Waals surface area contributed by atoms with Crippen molar-refractivity contribution in [3.63, 3.8) is 0 Å². The van der Waals surface area contributed by atoms with Crippen molar-refractivity contribution >= 4 is 23.4 Å². The zero-order valence-corrected chi connectivity index (χ0v) is 17.1. The van der Waals surface area contributed by atoms with Crippen LogP contribution in [0.3, 0.4) is 0 Å². The molecule has 0 unspecified atom stereocenters. The Morgan fingerprint density at radius 1 is 1.18 bits per heavy atom. The molecule has 0 saturated carbocycles. The number of aryl methyl sites for hydroxylation is 1. The molecule has 0 spiro atoms. The molecule has 0 saturated heterocycles. The number of hydrogen-bond acceptors (Lipinski definition) is 8. The fourth-order valence-corrected chi connectivity index (χ4v) is 2.51. The number of aromatic nitrogens is 3. The summed E-state index contributed by atoms with van der Waals surface area (Å²) >= 11 is 0. The number of carbonyl (C=O) groups is 1. The molecule has 4 aromatic rings. The standard InChI is InChI=1S/C19H17N5O2.C2HF3O2/c1-13-9-21-19(24-18(13)20-10-16-6-3-7-26-16)23-15-5-2-4-14(8-15)17-11-25-12-22-17;3-2(4,5)1(6)7/h2-9,11-12H,10H2,1H3,(H2,20,21,23,24);(H,6,7). The average molecular weight is 461 g/mol. The van der Waals surface area contributed by atoms with E-state index in [1.54, 1.807) is 18.7 Å². The first-order chi connectivity index (χ1) is 15.7. The quantitative estimate of drug-likeness (QED) is 0.363. The van der Waals surface area contributed by atoms with Crippen LogP contribution < -0.4 is 10.6 Å². The van der Waals surface area contributed by atoms with E-state index in [2.05, 4.69) is 25.6 Å². The molecule has 12 heteroatoms. The minimum atomic E-state index is -5.08. The van der Waals surface area contributed by atoms with Gasteiger partial charge in [-0.1, -0.05) is 12.1 Å². The number of nitrogens with zero attached hydrogens (tertiary/aromatic N) is 3. The van der Waals surface area contributed by atoms with Crippen LogP contribution in [0.2, 0.25) is 0 Å². The van der Waals surface area contributed by atoms with Gasteiger partial charge in [0.25, 0.3) is 0 Å². The van der Waals surface area contributed by atoms with E-state index in [9.17, 15) is 13.2 Å². The van der Waals surface area contributed by atoms with Gasteiger partial charge in [0.2, 0.25) is 5.95 Å². The summed E-state index contributed by atoms with van der Waals surface area (Å²) in [6.45, 7) is 2.52. The summed E-state index contributed by atoms with van der Waals surface area (Å²) < 4.78 is 42.1. The third-order valence-electron chi connectivity index (χ3n) is 4.07. The van der Waals surface area contributed by atoms with Crippen LogP contribution in [0.25, 0.3) is 11.3 Å². The molecule has 3 N–H and O–H groups in total. The fourth-order valence-electron chi connectivity index (χ4n) is 2.51. The maximum absolute atomic E-state index is 10.6. The number of nitrogens with one attached hydrogen (secondary N) is 2. The van der Waals surface area contributed by atoms with E-state index in [0.717, 1.165) is 34.1 Å². The van der Waals surface area contributed by atoms with Gasteiger partial charge in [-0.25, -0.2) is 14.8 Å². The van der Waals surface area contributed by atoms with E-state index in [-0.39, 0.29) is 0 Å². The summed E-state index contributed by atoms with van der Waals surface area (Å²) in [5, 5.41) is 13.6. The Balaban J connectivity index is 0.000000383. The number of carboxylic acid groups (broad SMARTS) is 1. The van der Waals surface area contributed by atoms with Gasteiger partial charge in [-0.15, -0.1) is 0 Å². The Labute approximate surface area is 185 Å². The first-order valence-electron chi connectivity index (χ1n) is 9.38. The van der Waals surface area contributed by atoms with E-state index >= 15 is 0 Å². The normalized spacial score (nSPS) is 10.8. The third kappa shape index (κ3) is 6.82. The van der Waals surface area contributed by atoms with E-state index in [4.69, 9.17) is 18.7 Å². The van der Waals surface area contributed by atoms with Crippen LogP contribution in [0.1, 0.15) is 11.3 Å². The van der Waals surface area contributed by atoms with Crippen molar-refractivity contribution in [3.05, 3.63) is 72.8 Å². The number of carboxylic acids is 1.